The molecule has 0 nitrogen and oxygen atoms in total. The van der Waals surface area contributed by atoms with Crippen LogP contribution < -0.4 is 0 Å². The summed E-state index contributed by atoms with van der Waals surface area (Å²) >= 11 is 0. The van der Waals surface area contributed by atoms with Crippen LogP contribution in [0.4, 0.5) is 0 Å². The molecule has 0 atom stereocenters. The van der Waals surface area contributed by atoms with E-state index in [9.17, 15) is 0 Å². The van der Waals surface area contributed by atoms with E-state index >= 15 is 0 Å². The maximum Gasteiger partial charge on any atom is 0 e. The Bertz CT molecular complexity index is 3.25. The van der Waals surface area contributed by atoms with Crippen LogP contribution in [0.2, 0.25) is 0 Å². The predicted octanol–water partition coefficient (Wildman–Crippen LogP) is -0.00750. The molecular weight excluding hydrogens is 492 g/mol. The minimum absolute atomic E-state index is 0. The van der Waals surface area contributed by atoms with Gasteiger partial charge >= 0.3 is 0 Å². The monoisotopic (exact) mass is 492 g/mol. The summed E-state index contributed by atoms with van der Waals surface area (Å²) in [6, 6.07) is 0. The predicted molar refractivity (Wildman–Crippen MR) is 0 cm³/mol. The van der Waals surface area contributed by atoms with Gasteiger partial charge in [-0.1, -0.05) is 0 Å². The zero-order chi connectivity index (χ0) is 0. The summed E-state index contributed by atoms with van der Waals surface area (Å²) in [4.78, 5) is 0. The molecule has 0 saturated heterocycles. The molecule has 0 bridgehead atoms. The van der Waals surface area contributed by atoms with E-state index in [4.69, 9.17) is 0 Å². The average Bonchev–Trinajstić information content (AvgIpc) is 0. The largest absolute Gasteiger partial charge is 0 e. The smallest absolute Gasteiger partial charge is 0 e. The molecule has 4 heteroatoms. The second kappa shape index (κ2) is 16.0. The van der Waals surface area contributed by atoms with Gasteiger partial charge in [0.25, 0.3) is 0 Å². The Kier molecular flexibility index (Phi) is 104. The molecule has 0 rings (SSSR count). The summed E-state index contributed by atoms with van der Waals surface area (Å²) in [7, 11) is 0. The molecule has 0 fully saturated rings. The summed E-state index contributed by atoms with van der Waals surface area (Å²) in [5.74, 6) is 0. The second-order valence-corrected chi connectivity index (χ2v) is 0. The van der Waals surface area contributed by atoms with Gasteiger partial charge in [0.2, 0.25) is 0 Å². The Hall–Kier alpha value is 3.51. The molecule has 0 radical (unpaired) electrons. The fraction of sp³-hybridized carbons (Fsp3) is 0. The molecule has 4 heavy (non-hydrogen) atoms. The van der Waals surface area contributed by atoms with Crippen molar-refractivity contribution in [3.8, 4) is 0 Å². The van der Waals surface area contributed by atoms with Gasteiger partial charge in [-0.25, -0.2) is 0 Å². The molecule has 0 saturated carbocycles. The standard InChI is InChI=1S/3Pd.Yb. The van der Waals surface area contributed by atoms with Crippen molar-refractivity contribution >= 4 is 0 Å². The first-order valence-corrected chi connectivity index (χ1v) is 0. The third kappa shape index (κ3) is 9.10. The minimum Gasteiger partial charge on any atom is 0 e. The van der Waals surface area contributed by atoms with Crippen LogP contribution in [0.5, 0.6) is 0 Å². The fourth-order valence-corrected chi connectivity index (χ4v) is 0. The molecule has 44 valence electrons. The van der Waals surface area contributed by atoms with E-state index in [1.165, 1.54) is 0 Å². The van der Waals surface area contributed by atoms with Gasteiger partial charge in [0.05, 0.1) is 0 Å². The van der Waals surface area contributed by atoms with Crippen LogP contribution in [-0.4, -0.2) is 0 Å². The Morgan fingerprint density at radius 3 is 0.500 bits per heavy atom. The van der Waals surface area contributed by atoms with Gasteiger partial charge in [0.15, 0.2) is 0 Å². The van der Waals surface area contributed by atoms with Crippen molar-refractivity contribution in [2.24, 2.45) is 0 Å². The van der Waals surface area contributed by atoms with Crippen LogP contribution in [0.25, 0.3) is 0 Å². The number of rotatable bonds is 0. The molecular formula is Pd3Yb. The molecule has 0 N–H and O–H groups in total. The van der Waals surface area contributed by atoms with Gasteiger partial charge in [0, 0.05) is 108 Å². The maximum atomic E-state index is 0. The van der Waals surface area contributed by atoms with Crippen molar-refractivity contribution in [3.63, 3.8) is 0 Å². The van der Waals surface area contributed by atoms with Gasteiger partial charge in [-0.05, 0) is 0 Å². The van der Waals surface area contributed by atoms with Crippen molar-refractivity contribution in [2.45, 2.75) is 0 Å². The van der Waals surface area contributed by atoms with Gasteiger partial charge < -0.3 is 0 Å². The van der Waals surface area contributed by atoms with Gasteiger partial charge in [-0.15, -0.1) is 0 Å². The van der Waals surface area contributed by atoms with E-state index in [1.54, 1.807) is 0 Å². The minimum atomic E-state index is 0. The van der Waals surface area contributed by atoms with Gasteiger partial charge in [-0.2, -0.15) is 0 Å². The molecule has 0 aromatic heterocycles. The summed E-state index contributed by atoms with van der Waals surface area (Å²) in [6.07, 6.45) is 0. The van der Waals surface area contributed by atoms with Crippen molar-refractivity contribution in [1.82, 2.24) is 0 Å². The van der Waals surface area contributed by atoms with Crippen LogP contribution in [0.3, 0.4) is 0 Å². The van der Waals surface area contributed by atoms with Crippen LogP contribution in [0, 0.1) is 46.9 Å². The second-order valence-electron chi connectivity index (χ2n) is 0. The summed E-state index contributed by atoms with van der Waals surface area (Å²) in [5.41, 5.74) is 0. The Balaban J connectivity index is 0. The van der Waals surface area contributed by atoms with Crippen LogP contribution in [0.1, 0.15) is 0 Å². The first-order chi connectivity index (χ1) is 0. The van der Waals surface area contributed by atoms with Crippen LogP contribution in [0.15, 0.2) is 0 Å². The zero-order valence-corrected chi connectivity index (χ0v) is 7.59. The van der Waals surface area contributed by atoms with Gasteiger partial charge in [0.1, 0.15) is 0 Å². The third-order valence-corrected chi connectivity index (χ3v) is 0. The van der Waals surface area contributed by atoms with Crippen molar-refractivity contribution in [2.75, 3.05) is 0 Å². The van der Waals surface area contributed by atoms with Crippen LogP contribution >= 0.6 is 0 Å². The summed E-state index contributed by atoms with van der Waals surface area (Å²) < 4.78 is 0. The SMILES string of the molecule is [Pd].[Pd].[Pd].[Yb]. The molecule has 0 amide bonds. The van der Waals surface area contributed by atoms with E-state index < -0.39 is 0 Å². The van der Waals surface area contributed by atoms with E-state index in [0.29, 0.717) is 0 Å². The molecule has 0 spiro atoms. The van der Waals surface area contributed by atoms with Crippen molar-refractivity contribution in [3.05, 3.63) is 0 Å². The van der Waals surface area contributed by atoms with E-state index in [2.05, 4.69) is 0 Å². The number of hydrogen-bond donors (Lipinski definition) is 0. The van der Waals surface area contributed by atoms with Crippen LogP contribution in [-0.2, 0) is 61.3 Å². The first kappa shape index (κ1) is 25.8. The molecule has 0 aliphatic rings. The van der Waals surface area contributed by atoms with E-state index in [-0.39, 0.29) is 108 Å². The van der Waals surface area contributed by atoms with E-state index in [0.717, 1.165) is 0 Å². The molecule has 0 aromatic rings. The topological polar surface area (TPSA) is 0 Å². The average molecular weight is 492 g/mol. The number of hydrogen-bond acceptors (Lipinski definition) is 0. The Morgan fingerprint density at radius 2 is 0.500 bits per heavy atom. The maximum absolute atomic E-state index is 0. The zero-order valence-electron chi connectivity index (χ0n) is 1.22. The normalized spacial score (nSPS) is 0. The molecule has 0 unspecified atom stereocenters. The van der Waals surface area contributed by atoms with Crippen molar-refractivity contribution in [1.29, 1.82) is 0 Å². The Labute approximate surface area is 105 Å². The van der Waals surface area contributed by atoms with Gasteiger partial charge in [-0.3, -0.25) is 0 Å². The molecule has 0 aromatic carbocycles. The molecule has 0 heterocycles. The summed E-state index contributed by atoms with van der Waals surface area (Å²) in [5, 5.41) is 0. The van der Waals surface area contributed by atoms with E-state index in [1.807, 2.05) is 0 Å². The van der Waals surface area contributed by atoms with Crippen molar-refractivity contribution < 1.29 is 108 Å². The molecule has 0 aliphatic carbocycles. The summed E-state index contributed by atoms with van der Waals surface area (Å²) in [6.45, 7) is 0. The Morgan fingerprint density at radius 1 is 0.500 bits per heavy atom. The molecule has 0 aliphatic heterocycles. The quantitative estimate of drug-likeness (QED) is 0.418. The fourth-order valence-electron chi connectivity index (χ4n) is 0. The third-order valence-electron chi connectivity index (χ3n) is 0. The first-order valence-electron chi connectivity index (χ1n) is 0.